The number of rotatable bonds is 1. The van der Waals surface area contributed by atoms with Crippen molar-refractivity contribution in [2.24, 2.45) is 5.73 Å². The van der Waals surface area contributed by atoms with Gasteiger partial charge in [0.05, 0.1) is 10.7 Å². The molecule has 0 aliphatic rings. The van der Waals surface area contributed by atoms with Crippen LogP contribution in [0.5, 0.6) is 0 Å². The van der Waals surface area contributed by atoms with E-state index < -0.39 is 5.82 Å². The first-order valence-corrected chi connectivity index (χ1v) is 3.90. The Bertz CT molecular complexity index is 316. The molecule has 0 radical (unpaired) electrons. The molecule has 0 spiro atoms. The van der Waals surface area contributed by atoms with Crippen LogP contribution < -0.4 is 11.1 Å². The highest BCUT2D eigenvalue weighted by atomic mass is 35.5. The third-order valence-electron chi connectivity index (χ3n) is 1.19. The third-order valence-corrected chi connectivity index (χ3v) is 1.60. The zero-order valence-electron chi connectivity index (χ0n) is 5.97. The largest absolute Gasteiger partial charge is 0.376 e. The lowest BCUT2D eigenvalue weighted by Gasteiger charge is -2.04. The highest BCUT2D eigenvalue weighted by molar-refractivity contribution is 7.80. The van der Waals surface area contributed by atoms with Gasteiger partial charge >= 0.3 is 0 Å². The molecule has 0 aliphatic heterocycles. The van der Waals surface area contributed by atoms with Gasteiger partial charge in [-0.2, -0.15) is 0 Å². The second-order valence-corrected chi connectivity index (χ2v) is 2.96. The van der Waals surface area contributed by atoms with Crippen LogP contribution in [0.3, 0.4) is 0 Å². The summed E-state index contributed by atoms with van der Waals surface area (Å²) in [5, 5.41) is 2.96. The summed E-state index contributed by atoms with van der Waals surface area (Å²) in [4.78, 5) is 0. The number of hydrogen-bond donors (Lipinski definition) is 2. The van der Waals surface area contributed by atoms with Crippen molar-refractivity contribution in [3.8, 4) is 0 Å². The molecule has 0 aliphatic carbocycles. The molecule has 1 aromatic carbocycles. The first kappa shape index (κ1) is 9.22. The normalized spacial score (nSPS) is 9.50. The number of benzene rings is 1. The maximum absolute atomic E-state index is 12.5. The van der Waals surface area contributed by atoms with Crippen LogP contribution >= 0.6 is 23.8 Å². The first-order chi connectivity index (χ1) is 5.59. The average molecular weight is 205 g/mol. The minimum Gasteiger partial charge on any atom is -0.376 e. The van der Waals surface area contributed by atoms with Crippen LogP contribution in [0.25, 0.3) is 0 Å². The van der Waals surface area contributed by atoms with Gasteiger partial charge in [0.25, 0.3) is 0 Å². The van der Waals surface area contributed by atoms with E-state index >= 15 is 0 Å². The summed E-state index contributed by atoms with van der Waals surface area (Å²) in [6.07, 6.45) is 0. The Morgan fingerprint density at radius 3 is 2.75 bits per heavy atom. The van der Waals surface area contributed by atoms with Crippen LogP contribution in [-0.4, -0.2) is 5.11 Å². The van der Waals surface area contributed by atoms with Crippen molar-refractivity contribution in [1.82, 2.24) is 0 Å². The van der Waals surface area contributed by atoms with Gasteiger partial charge in [-0.25, -0.2) is 4.39 Å². The molecule has 0 bridgehead atoms. The first-order valence-electron chi connectivity index (χ1n) is 3.11. The molecule has 0 amide bonds. The quantitative estimate of drug-likeness (QED) is 0.689. The van der Waals surface area contributed by atoms with Crippen LogP contribution in [0, 0.1) is 5.82 Å². The molecule has 64 valence electrons. The van der Waals surface area contributed by atoms with Gasteiger partial charge in [-0.3, -0.25) is 0 Å². The Balaban J connectivity index is 2.93. The van der Waals surface area contributed by atoms with Crippen molar-refractivity contribution in [3.05, 3.63) is 29.0 Å². The minimum atomic E-state index is -0.395. The summed E-state index contributed by atoms with van der Waals surface area (Å²) in [6.45, 7) is 0. The maximum Gasteiger partial charge on any atom is 0.168 e. The topological polar surface area (TPSA) is 38.0 Å². The number of hydrogen-bond acceptors (Lipinski definition) is 1. The molecule has 0 atom stereocenters. The minimum absolute atomic E-state index is 0.100. The molecular formula is C7H6ClFN2S. The van der Waals surface area contributed by atoms with Crippen LogP contribution in [0.1, 0.15) is 0 Å². The monoisotopic (exact) mass is 204 g/mol. The lowest BCUT2D eigenvalue weighted by Crippen LogP contribution is -2.19. The van der Waals surface area contributed by atoms with Crippen molar-refractivity contribution in [2.75, 3.05) is 5.32 Å². The molecule has 0 unspecified atom stereocenters. The summed E-state index contributed by atoms with van der Waals surface area (Å²) in [6, 6.07) is 3.92. The highest BCUT2D eigenvalue weighted by Gasteiger charge is 2.01. The Hall–Kier alpha value is -0.870. The lowest BCUT2D eigenvalue weighted by molar-refractivity contribution is 0.628. The van der Waals surface area contributed by atoms with Gasteiger partial charge < -0.3 is 11.1 Å². The molecule has 2 nitrogen and oxygen atoms in total. The molecule has 0 saturated carbocycles. The second-order valence-electron chi connectivity index (χ2n) is 2.11. The number of halogens is 2. The van der Waals surface area contributed by atoms with E-state index in [-0.39, 0.29) is 10.1 Å². The van der Waals surface area contributed by atoms with Gasteiger partial charge in [-0.1, -0.05) is 11.6 Å². The lowest BCUT2D eigenvalue weighted by atomic mass is 10.3. The smallest absolute Gasteiger partial charge is 0.168 e. The molecule has 3 N–H and O–H groups in total. The zero-order valence-corrected chi connectivity index (χ0v) is 7.55. The van der Waals surface area contributed by atoms with E-state index in [1.165, 1.54) is 18.2 Å². The molecule has 0 aromatic heterocycles. The molecule has 1 rings (SSSR count). The van der Waals surface area contributed by atoms with E-state index in [4.69, 9.17) is 17.3 Å². The van der Waals surface area contributed by atoms with Crippen LogP contribution in [-0.2, 0) is 0 Å². The van der Waals surface area contributed by atoms with Gasteiger partial charge in [-0.15, -0.1) is 0 Å². The van der Waals surface area contributed by atoms with Gasteiger partial charge in [0.2, 0.25) is 0 Å². The van der Waals surface area contributed by atoms with Gasteiger partial charge in [-0.05, 0) is 30.4 Å². The highest BCUT2D eigenvalue weighted by Crippen LogP contribution is 2.21. The van der Waals surface area contributed by atoms with E-state index in [1.54, 1.807) is 0 Å². The Labute approximate surface area is 79.5 Å². The Kier molecular flexibility index (Phi) is 2.83. The molecule has 0 saturated heterocycles. The second kappa shape index (κ2) is 3.69. The van der Waals surface area contributed by atoms with Crippen LogP contribution in [0.2, 0.25) is 5.02 Å². The summed E-state index contributed by atoms with van der Waals surface area (Å²) in [5.41, 5.74) is 5.70. The van der Waals surface area contributed by atoms with E-state index in [1.807, 2.05) is 0 Å². The number of thiocarbonyl (C=S) groups is 1. The molecule has 0 fully saturated rings. The number of nitrogens with one attached hydrogen (secondary N) is 1. The van der Waals surface area contributed by atoms with Gasteiger partial charge in [0.15, 0.2) is 5.11 Å². The predicted octanol–water partition coefficient (Wildman–Crippen LogP) is 2.13. The standard InChI is InChI=1S/C7H6ClFN2S/c8-5-3-4(9)1-2-6(5)11-7(10)12/h1-3H,(H3,10,11,12). The van der Waals surface area contributed by atoms with Gasteiger partial charge in [0, 0.05) is 0 Å². The fourth-order valence-electron chi connectivity index (χ4n) is 0.724. The number of nitrogens with two attached hydrogens (primary N) is 1. The summed E-state index contributed by atoms with van der Waals surface area (Å²) in [7, 11) is 0. The zero-order chi connectivity index (χ0) is 9.14. The maximum atomic E-state index is 12.5. The average Bonchev–Trinajstić information content (AvgIpc) is 1.94. The Morgan fingerprint density at radius 1 is 1.58 bits per heavy atom. The van der Waals surface area contributed by atoms with Crippen molar-refractivity contribution >= 4 is 34.6 Å². The summed E-state index contributed by atoms with van der Waals surface area (Å²) >= 11 is 10.2. The molecule has 1 aromatic rings. The van der Waals surface area contributed by atoms with E-state index in [9.17, 15) is 4.39 Å². The number of anilines is 1. The fraction of sp³-hybridized carbons (Fsp3) is 0. The van der Waals surface area contributed by atoms with Crippen molar-refractivity contribution in [1.29, 1.82) is 0 Å². The summed E-state index contributed by atoms with van der Waals surface area (Å²) in [5.74, 6) is -0.395. The van der Waals surface area contributed by atoms with Crippen molar-refractivity contribution in [2.45, 2.75) is 0 Å². The molecular weight excluding hydrogens is 199 g/mol. The Morgan fingerprint density at radius 2 is 2.25 bits per heavy atom. The van der Waals surface area contributed by atoms with E-state index in [2.05, 4.69) is 17.5 Å². The fourth-order valence-corrected chi connectivity index (χ4v) is 1.05. The van der Waals surface area contributed by atoms with E-state index in [0.29, 0.717) is 5.69 Å². The van der Waals surface area contributed by atoms with E-state index in [0.717, 1.165) is 0 Å². The van der Waals surface area contributed by atoms with Crippen LogP contribution in [0.4, 0.5) is 10.1 Å². The summed E-state index contributed by atoms with van der Waals surface area (Å²) < 4.78 is 12.5. The predicted molar refractivity (Wildman–Crippen MR) is 51.8 cm³/mol. The third kappa shape index (κ3) is 2.32. The SMILES string of the molecule is NC(=S)Nc1ccc(F)cc1Cl. The van der Waals surface area contributed by atoms with Crippen molar-refractivity contribution in [3.63, 3.8) is 0 Å². The van der Waals surface area contributed by atoms with Gasteiger partial charge in [0.1, 0.15) is 5.82 Å². The molecule has 12 heavy (non-hydrogen) atoms. The molecule has 0 heterocycles. The molecule has 5 heteroatoms. The van der Waals surface area contributed by atoms with Crippen LogP contribution in [0.15, 0.2) is 18.2 Å². The van der Waals surface area contributed by atoms with Crippen molar-refractivity contribution < 1.29 is 4.39 Å².